The number of benzene rings is 2. The number of nitrogens with two attached hydrogens (primary N) is 1. The molecule has 2 amide bonds. The van der Waals surface area contributed by atoms with E-state index in [0.29, 0.717) is 6.42 Å². The lowest BCUT2D eigenvalue weighted by Gasteiger charge is -2.20. The number of rotatable bonds is 5. The summed E-state index contributed by atoms with van der Waals surface area (Å²) in [5.74, 6) is -1.51. The fraction of sp³-hybridized carbons (Fsp3) is 0.300. The van der Waals surface area contributed by atoms with Crippen LogP contribution in [0.4, 0.5) is 4.39 Å². The van der Waals surface area contributed by atoms with Crippen molar-refractivity contribution in [2.75, 3.05) is 0 Å². The van der Waals surface area contributed by atoms with Gasteiger partial charge < -0.3 is 11.1 Å². The summed E-state index contributed by atoms with van der Waals surface area (Å²) in [6.45, 7) is 6.37. The lowest BCUT2D eigenvalue weighted by atomic mass is 9.86. The van der Waals surface area contributed by atoms with E-state index in [1.807, 2.05) is 24.3 Å². The van der Waals surface area contributed by atoms with Crippen LogP contribution in [0.5, 0.6) is 0 Å². The molecule has 25 heavy (non-hydrogen) atoms. The zero-order valence-corrected chi connectivity index (χ0v) is 14.7. The highest BCUT2D eigenvalue weighted by Gasteiger charge is 2.20. The van der Waals surface area contributed by atoms with Gasteiger partial charge in [0.15, 0.2) is 0 Å². The zero-order chi connectivity index (χ0) is 18.6. The Morgan fingerprint density at radius 2 is 1.60 bits per heavy atom. The third-order valence-corrected chi connectivity index (χ3v) is 4.01. The summed E-state index contributed by atoms with van der Waals surface area (Å²) in [5.41, 5.74) is 7.82. The van der Waals surface area contributed by atoms with Crippen molar-refractivity contribution < 1.29 is 14.0 Å². The normalized spacial score (nSPS) is 12.5. The lowest BCUT2D eigenvalue weighted by Crippen LogP contribution is -2.45. The van der Waals surface area contributed by atoms with Crippen molar-refractivity contribution in [3.05, 3.63) is 71.0 Å². The van der Waals surface area contributed by atoms with Gasteiger partial charge >= 0.3 is 0 Å². The number of carbonyl (C=O) groups is 2. The SMILES string of the molecule is CC(C)(C)c1ccc(C[C@@H](NC(=O)c2ccc(F)cc2)C(N)=O)cc1. The highest BCUT2D eigenvalue weighted by atomic mass is 19.1. The van der Waals surface area contributed by atoms with Gasteiger partial charge in [-0.05, 0) is 40.8 Å². The van der Waals surface area contributed by atoms with Gasteiger partial charge in [-0.25, -0.2) is 4.39 Å². The Labute approximate surface area is 147 Å². The first kappa shape index (κ1) is 18.6. The van der Waals surface area contributed by atoms with Crippen LogP contribution >= 0.6 is 0 Å². The third kappa shape index (κ3) is 5.14. The topological polar surface area (TPSA) is 72.2 Å². The van der Waals surface area contributed by atoms with Crippen molar-refractivity contribution in [3.8, 4) is 0 Å². The minimum absolute atomic E-state index is 0.0401. The van der Waals surface area contributed by atoms with E-state index < -0.39 is 23.7 Å². The van der Waals surface area contributed by atoms with E-state index in [1.54, 1.807) is 0 Å². The molecule has 0 fully saturated rings. The summed E-state index contributed by atoms with van der Waals surface area (Å²) in [6.07, 6.45) is 0.298. The molecule has 3 N–H and O–H groups in total. The number of nitrogens with one attached hydrogen (secondary N) is 1. The van der Waals surface area contributed by atoms with Crippen LogP contribution in [-0.4, -0.2) is 17.9 Å². The molecule has 132 valence electrons. The molecule has 0 spiro atoms. The molecule has 5 heteroatoms. The van der Waals surface area contributed by atoms with Crippen molar-refractivity contribution in [2.45, 2.75) is 38.6 Å². The minimum atomic E-state index is -0.835. The standard InChI is InChI=1S/C20H23FN2O2/c1-20(2,3)15-8-4-13(5-9-15)12-17(18(22)24)23-19(25)14-6-10-16(21)11-7-14/h4-11,17H,12H2,1-3H3,(H2,22,24)(H,23,25)/t17-/m1/s1. The number of hydrogen-bond donors (Lipinski definition) is 2. The zero-order valence-electron chi connectivity index (χ0n) is 14.7. The molecule has 2 rings (SSSR count). The molecule has 0 aliphatic rings. The van der Waals surface area contributed by atoms with Crippen LogP contribution in [0, 0.1) is 5.82 Å². The Morgan fingerprint density at radius 3 is 2.08 bits per heavy atom. The summed E-state index contributed by atoms with van der Waals surface area (Å²) in [4.78, 5) is 23.9. The molecule has 0 unspecified atom stereocenters. The minimum Gasteiger partial charge on any atom is -0.368 e. The van der Waals surface area contributed by atoms with Crippen molar-refractivity contribution in [1.82, 2.24) is 5.32 Å². The van der Waals surface area contributed by atoms with E-state index >= 15 is 0 Å². The molecule has 2 aromatic carbocycles. The fourth-order valence-electron chi connectivity index (χ4n) is 2.44. The summed E-state index contributed by atoms with van der Waals surface area (Å²) >= 11 is 0. The van der Waals surface area contributed by atoms with Crippen LogP contribution in [0.1, 0.15) is 42.3 Å². The predicted octanol–water partition coefficient (Wildman–Crippen LogP) is 2.95. The second kappa shape index (κ2) is 7.47. The fourth-order valence-corrected chi connectivity index (χ4v) is 2.44. The van der Waals surface area contributed by atoms with Crippen molar-refractivity contribution >= 4 is 11.8 Å². The Hall–Kier alpha value is -2.69. The van der Waals surface area contributed by atoms with E-state index in [2.05, 4.69) is 26.1 Å². The van der Waals surface area contributed by atoms with E-state index in [9.17, 15) is 14.0 Å². The molecule has 0 bridgehead atoms. The van der Waals surface area contributed by atoms with Crippen LogP contribution in [0.15, 0.2) is 48.5 Å². The first-order chi connectivity index (χ1) is 11.7. The van der Waals surface area contributed by atoms with Crippen molar-refractivity contribution in [3.63, 3.8) is 0 Å². The van der Waals surface area contributed by atoms with E-state index in [4.69, 9.17) is 5.73 Å². The molecule has 0 heterocycles. The average Bonchev–Trinajstić information content (AvgIpc) is 2.54. The second-order valence-electron chi connectivity index (χ2n) is 7.09. The molecule has 0 saturated heterocycles. The Bertz CT molecular complexity index is 747. The molecule has 1 atom stereocenters. The van der Waals surface area contributed by atoms with Crippen molar-refractivity contribution in [1.29, 1.82) is 0 Å². The van der Waals surface area contributed by atoms with Crippen LogP contribution in [0.25, 0.3) is 0 Å². The molecular weight excluding hydrogens is 319 g/mol. The van der Waals surface area contributed by atoms with Gasteiger partial charge in [0.25, 0.3) is 5.91 Å². The molecular formula is C20H23FN2O2. The summed E-state index contributed by atoms with van der Waals surface area (Å²) in [6, 6.07) is 12.2. The quantitative estimate of drug-likeness (QED) is 0.877. The summed E-state index contributed by atoms with van der Waals surface area (Å²) in [7, 11) is 0. The molecule has 0 aliphatic heterocycles. The highest BCUT2D eigenvalue weighted by Crippen LogP contribution is 2.22. The largest absolute Gasteiger partial charge is 0.368 e. The first-order valence-electron chi connectivity index (χ1n) is 8.12. The molecule has 0 radical (unpaired) electrons. The number of amides is 2. The maximum absolute atomic E-state index is 12.9. The number of hydrogen-bond acceptors (Lipinski definition) is 2. The Kier molecular flexibility index (Phi) is 5.57. The monoisotopic (exact) mass is 342 g/mol. The third-order valence-electron chi connectivity index (χ3n) is 4.01. The van der Waals surface area contributed by atoms with Gasteiger partial charge in [0.2, 0.25) is 5.91 Å². The highest BCUT2D eigenvalue weighted by molar-refractivity contribution is 5.97. The first-order valence-corrected chi connectivity index (χ1v) is 8.12. The van der Waals surface area contributed by atoms with Gasteiger partial charge in [-0.2, -0.15) is 0 Å². The van der Waals surface area contributed by atoms with E-state index in [0.717, 1.165) is 5.56 Å². The molecule has 0 aliphatic carbocycles. The van der Waals surface area contributed by atoms with Crippen LogP contribution in [0.3, 0.4) is 0 Å². The predicted molar refractivity (Wildman–Crippen MR) is 95.7 cm³/mol. The average molecular weight is 342 g/mol. The Balaban J connectivity index is 2.09. The number of carbonyl (C=O) groups excluding carboxylic acids is 2. The maximum Gasteiger partial charge on any atom is 0.251 e. The van der Waals surface area contributed by atoms with Gasteiger partial charge in [0, 0.05) is 12.0 Å². The van der Waals surface area contributed by atoms with E-state index in [-0.39, 0.29) is 11.0 Å². The summed E-state index contributed by atoms with van der Waals surface area (Å²) < 4.78 is 12.9. The van der Waals surface area contributed by atoms with Gasteiger partial charge in [0.1, 0.15) is 11.9 Å². The number of primary amides is 1. The summed E-state index contributed by atoms with van der Waals surface area (Å²) in [5, 5.41) is 2.61. The number of halogens is 1. The van der Waals surface area contributed by atoms with Crippen LogP contribution < -0.4 is 11.1 Å². The molecule has 4 nitrogen and oxygen atoms in total. The smallest absolute Gasteiger partial charge is 0.251 e. The van der Waals surface area contributed by atoms with Gasteiger partial charge in [-0.1, -0.05) is 45.0 Å². The lowest BCUT2D eigenvalue weighted by molar-refractivity contribution is -0.119. The molecule has 0 saturated carbocycles. The van der Waals surface area contributed by atoms with Gasteiger partial charge in [-0.3, -0.25) is 9.59 Å². The van der Waals surface area contributed by atoms with Gasteiger partial charge in [0.05, 0.1) is 0 Å². The van der Waals surface area contributed by atoms with E-state index in [1.165, 1.54) is 29.8 Å². The van der Waals surface area contributed by atoms with Crippen LogP contribution in [-0.2, 0) is 16.6 Å². The molecule has 0 aromatic heterocycles. The maximum atomic E-state index is 12.9. The van der Waals surface area contributed by atoms with Crippen LogP contribution in [0.2, 0.25) is 0 Å². The van der Waals surface area contributed by atoms with Gasteiger partial charge in [-0.15, -0.1) is 0 Å². The molecule has 2 aromatic rings. The van der Waals surface area contributed by atoms with Crippen molar-refractivity contribution in [2.24, 2.45) is 5.73 Å². The Morgan fingerprint density at radius 1 is 1.04 bits per heavy atom. The second-order valence-corrected chi connectivity index (χ2v) is 7.09.